The van der Waals surface area contributed by atoms with Crippen molar-refractivity contribution >= 4 is 17.2 Å². The number of hydrogen-bond acceptors (Lipinski definition) is 5. The normalized spacial score (nSPS) is 20.9. The number of likely N-dealkylation sites (N-methyl/N-ethyl adjacent to an activating group) is 1. The van der Waals surface area contributed by atoms with Gasteiger partial charge in [0, 0.05) is 13.1 Å². The number of ether oxygens (including phenoxy) is 1. The van der Waals surface area contributed by atoms with Gasteiger partial charge in [0.25, 0.3) is 5.91 Å². The van der Waals surface area contributed by atoms with E-state index in [9.17, 15) is 4.79 Å². The molecule has 0 saturated carbocycles. The number of aromatic nitrogens is 1. The number of benzene rings is 1. The van der Waals surface area contributed by atoms with Gasteiger partial charge in [0.05, 0.1) is 29.5 Å². The molecule has 2 aromatic rings. The Balaban J connectivity index is 1.97. The molecule has 1 aromatic heterocycles. The summed E-state index contributed by atoms with van der Waals surface area (Å²) < 4.78 is 6.06. The number of rotatable bonds is 4. The third-order valence-electron chi connectivity index (χ3n) is 4.40. The van der Waals surface area contributed by atoms with Crippen LogP contribution in [0, 0.1) is 13.8 Å². The van der Waals surface area contributed by atoms with Gasteiger partial charge in [-0.3, -0.25) is 4.79 Å². The Bertz CT molecular complexity index is 730. The minimum absolute atomic E-state index is 0.0515. The fourth-order valence-electron chi connectivity index (χ4n) is 3.38. The van der Waals surface area contributed by atoms with Gasteiger partial charge in [0.2, 0.25) is 0 Å². The van der Waals surface area contributed by atoms with Gasteiger partial charge in [0.1, 0.15) is 4.88 Å². The fourth-order valence-corrected chi connectivity index (χ4v) is 4.25. The van der Waals surface area contributed by atoms with Crippen LogP contribution in [0.3, 0.4) is 0 Å². The van der Waals surface area contributed by atoms with Crippen LogP contribution in [0.4, 0.5) is 0 Å². The van der Waals surface area contributed by atoms with E-state index >= 15 is 0 Å². The van der Waals surface area contributed by atoms with E-state index in [2.05, 4.69) is 22.0 Å². The van der Waals surface area contributed by atoms with Crippen LogP contribution in [0.15, 0.2) is 30.3 Å². The lowest BCUT2D eigenvalue weighted by Gasteiger charge is -2.42. The lowest BCUT2D eigenvalue weighted by Crippen LogP contribution is -2.51. The van der Waals surface area contributed by atoms with E-state index in [0.29, 0.717) is 13.2 Å². The molecule has 0 N–H and O–H groups in total. The summed E-state index contributed by atoms with van der Waals surface area (Å²) in [6, 6.07) is 10.1. The highest BCUT2D eigenvalue weighted by Crippen LogP contribution is 2.32. The predicted octanol–water partition coefficient (Wildman–Crippen LogP) is 2.90. The Morgan fingerprint density at radius 3 is 2.64 bits per heavy atom. The molecule has 2 heterocycles. The first-order valence-electron chi connectivity index (χ1n) is 8.53. The number of amides is 1. The summed E-state index contributed by atoms with van der Waals surface area (Å²) in [6.07, 6.45) is -0.0515. The van der Waals surface area contributed by atoms with Crippen LogP contribution in [0.1, 0.15) is 32.0 Å². The Labute approximate surface area is 153 Å². The highest BCUT2D eigenvalue weighted by molar-refractivity contribution is 7.13. The molecular weight excluding hydrogens is 334 g/mol. The van der Waals surface area contributed by atoms with Crippen molar-refractivity contribution in [2.45, 2.75) is 26.0 Å². The van der Waals surface area contributed by atoms with E-state index in [1.807, 2.05) is 51.0 Å². The predicted molar refractivity (Wildman–Crippen MR) is 100 cm³/mol. The van der Waals surface area contributed by atoms with E-state index in [0.717, 1.165) is 27.7 Å². The monoisotopic (exact) mass is 359 g/mol. The molecule has 0 aliphatic carbocycles. The summed E-state index contributed by atoms with van der Waals surface area (Å²) in [5, 5.41) is 0.926. The molecular formula is C19H25N3O2S. The molecule has 3 rings (SSSR count). The molecule has 1 saturated heterocycles. The molecule has 2 atom stereocenters. The molecule has 0 bridgehead atoms. The first-order valence-corrected chi connectivity index (χ1v) is 9.35. The van der Waals surface area contributed by atoms with E-state index < -0.39 is 0 Å². The molecule has 1 aliphatic rings. The largest absolute Gasteiger partial charge is 0.373 e. The van der Waals surface area contributed by atoms with Crippen molar-refractivity contribution in [1.29, 1.82) is 0 Å². The molecule has 134 valence electrons. The van der Waals surface area contributed by atoms with Crippen molar-refractivity contribution in [3.8, 4) is 0 Å². The molecule has 1 fully saturated rings. The second-order valence-corrected chi connectivity index (χ2v) is 7.88. The molecule has 0 radical (unpaired) electrons. The summed E-state index contributed by atoms with van der Waals surface area (Å²) in [7, 11) is 4.06. The zero-order valence-corrected chi connectivity index (χ0v) is 16.0. The maximum Gasteiger partial charge on any atom is 0.266 e. The van der Waals surface area contributed by atoms with Gasteiger partial charge in [-0.1, -0.05) is 30.3 Å². The molecule has 1 aromatic carbocycles. The molecule has 5 nitrogen and oxygen atoms in total. The van der Waals surface area contributed by atoms with Gasteiger partial charge in [0.15, 0.2) is 0 Å². The number of hydrogen-bond donors (Lipinski definition) is 0. The third-order valence-corrected chi connectivity index (χ3v) is 5.46. The number of aryl methyl sites for hydroxylation is 2. The van der Waals surface area contributed by atoms with Gasteiger partial charge in [-0.25, -0.2) is 4.98 Å². The lowest BCUT2D eigenvalue weighted by molar-refractivity contribution is -0.0683. The lowest BCUT2D eigenvalue weighted by atomic mass is 9.97. The summed E-state index contributed by atoms with van der Waals surface area (Å²) in [5.41, 5.74) is 1.93. The zero-order valence-electron chi connectivity index (χ0n) is 15.2. The van der Waals surface area contributed by atoms with Gasteiger partial charge in [-0.15, -0.1) is 11.3 Å². The van der Waals surface area contributed by atoms with Crippen LogP contribution >= 0.6 is 11.3 Å². The zero-order chi connectivity index (χ0) is 18.0. The van der Waals surface area contributed by atoms with Crippen molar-refractivity contribution < 1.29 is 9.53 Å². The summed E-state index contributed by atoms with van der Waals surface area (Å²) >= 11 is 1.47. The van der Waals surface area contributed by atoms with Gasteiger partial charge < -0.3 is 14.5 Å². The van der Waals surface area contributed by atoms with Crippen LogP contribution in [0.2, 0.25) is 0 Å². The molecule has 0 unspecified atom stereocenters. The SMILES string of the molecule is Cc1nc(C)c(C(=O)N2CCO[C@@H](CN(C)C)[C@@H]2c2ccccc2)s1. The number of carbonyl (C=O) groups excluding carboxylic acids is 1. The standard InChI is InChI=1S/C19H25N3O2S/c1-13-18(25-14(2)20-13)19(23)22-10-11-24-16(12-21(3)4)17(22)15-8-6-5-7-9-15/h5-9,16-17H,10-12H2,1-4H3/t16-,17-/m0/s1. The Kier molecular flexibility index (Phi) is 5.51. The first kappa shape index (κ1) is 18.0. The average Bonchev–Trinajstić information content (AvgIpc) is 2.92. The molecule has 1 amide bonds. The minimum atomic E-state index is -0.0911. The number of morpholine rings is 1. The molecule has 1 aliphatic heterocycles. The maximum atomic E-state index is 13.3. The number of nitrogens with zero attached hydrogens (tertiary/aromatic N) is 3. The number of carbonyl (C=O) groups is 1. The molecule has 0 spiro atoms. The minimum Gasteiger partial charge on any atom is -0.373 e. The van der Waals surface area contributed by atoms with Crippen molar-refractivity contribution in [3.63, 3.8) is 0 Å². The third kappa shape index (κ3) is 3.92. The summed E-state index contributed by atoms with van der Waals surface area (Å²) in [6.45, 7) is 5.77. The topological polar surface area (TPSA) is 45.7 Å². The second-order valence-electron chi connectivity index (χ2n) is 6.67. The van der Waals surface area contributed by atoms with Crippen LogP contribution in [-0.2, 0) is 4.74 Å². The van der Waals surface area contributed by atoms with Crippen LogP contribution in [0.25, 0.3) is 0 Å². The first-order chi connectivity index (χ1) is 12.0. The fraction of sp³-hybridized carbons (Fsp3) is 0.474. The van der Waals surface area contributed by atoms with Crippen LogP contribution in [-0.4, -0.2) is 60.6 Å². The average molecular weight is 359 g/mol. The Morgan fingerprint density at radius 2 is 2.04 bits per heavy atom. The number of thiazole rings is 1. The van der Waals surface area contributed by atoms with E-state index in [1.165, 1.54) is 11.3 Å². The second kappa shape index (κ2) is 7.64. The van der Waals surface area contributed by atoms with E-state index in [4.69, 9.17) is 4.74 Å². The van der Waals surface area contributed by atoms with E-state index in [-0.39, 0.29) is 18.1 Å². The van der Waals surface area contributed by atoms with E-state index in [1.54, 1.807) is 0 Å². The van der Waals surface area contributed by atoms with Crippen molar-refractivity contribution in [2.75, 3.05) is 33.8 Å². The molecule has 6 heteroatoms. The smallest absolute Gasteiger partial charge is 0.266 e. The summed E-state index contributed by atoms with van der Waals surface area (Å²) in [4.78, 5) is 22.5. The van der Waals surface area contributed by atoms with Gasteiger partial charge >= 0.3 is 0 Å². The quantitative estimate of drug-likeness (QED) is 0.842. The Hall–Kier alpha value is -1.76. The Morgan fingerprint density at radius 1 is 1.32 bits per heavy atom. The summed E-state index contributed by atoms with van der Waals surface area (Å²) in [5.74, 6) is 0.0593. The van der Waals surface area contributed by atoms with Crippen molar-refractivity contribution in [1.82, 2.24) is 14.8 Å². The highest BCUT2D eigenvalue weighted by Gasteiger charge is 2.37. The van der Waals surface area contributed by atoms with Crippen molar-refractivity contribution in [3.05, 3.63) is 51.5 Å². The van der Waals surface area contributed by atoms with Crippen molar-refractivity contribution in [2.24, 2.45) is 0 Å². The van der Waals surface area contributed by atoms with Gasteiger partial charge in [-0.05, 0) is 33.5 Å². The van der Waals surface area contributed by atoms with Crippen LogP contribution in [0.5, 0.6) is 0 Å². The highest BCUT2D eigenvalue weighted by atomic mass is 32.1. The van der Waals surface area contributed by atoms with Gasteiger partial charge in [-0.2, -0.15) is 0 Å². The van der Waals surface area contributed by atoms with Crippen LogP contribution < -0.4 is 0 Å². The maximum absolute atomic E-state index is 13.3. The molecule has 25 heavy (non-hydrogen) atoms.